The average Bonchev–Trinajstić information content (AvgIpc) is 2.42. The van der Waals surface area contributed by atoms with Crippen LogP contribution >= 0.6 is 0 Å². The number of carbonyl (C=O) groups is 2. The first-order valence-electron chi connectivity index (χ1n) is 7.69. The molecule has 2 N–H and O–H groups in total. The number of hydrogen-bond donors (Lipinski definition) is 2. The number of nitrogens with one attached hydrogen (secondary N) is 1. The van der Waals surface area contributed by atoms with Crippen LogP contribution in [-0.2, 0) is 4.79 Å². The van der Waals surface area contributed by atoms with Crippen LogP contribution in [0.3, 0.4) is 0 Å². The lowest BCUT2D eigenvalue weighted by Gasteiger charge is -2.33. The Morgan fingerprint density at radius 2 is 1.90 bits per heavy atom. The highest BCUT2D eigenvalue weighted by Crippen LogP contribution is 2.26. The molecule has 1 fully saturated rings. The quantitative estimate of drug-likeness (QED) is 0.788. The van der Waals surface area contributed by atoms with Gasteiger partial charge in [0.15, 0.2) is 0 Å². The fourth-order valence-electron chi connectivity index (χ4n) is 2.79. The van der Waals surface area contributed by atoms with Crippen molar-refractivity contribution in [3.05, 3.63) is 0 Å². The molecule has 0 bridgehead atoms. The number of nitrogens with zero attached hydrogens (tertiary/aromatic N) is 1. The van der Waals surface area contributed by atoms with E-state index in [1.165, 1.54) is 0 Å². The summed E-state index contributed by atoms with van der Waals surface area (Å²) in [6.45, 7) is 4.42. The molecule has 0 heterocycles. The van der Waals surface area contributed by atoms with E-state index in [1.807, 2.05) is 14.0 Å². The predicted molar refractivity (Wildman–Crippen MR) is 78.6 cm³/mol. The summed E-state index contributed by atoms with van der Waals surface area (Å²) in [5, 5.41) is 11.8. The Morgan fingerprint density at radius 1 is 1.30 bits per heavy atom. The molecule has 1 saturated carbocycles. The van der Waals surface area contributed by atoms with Crippen molar-refractivity contribution in [3.63, 3.8) is 0 Å². The van der Waals surface area contributed by atoms with Crippen molar-refractivity contribution in [2.45, 2.75) is 58.4 Å². The van der Waals surface area contributed by atoms with Crippen LogP contribution < -0.4 is 5.32 Å². The van der Waals surface area contributed by atoms with Crippen molar-refractivity contribution in [2.75, 3.05) is 13.6 Å². The normalized spacial score (nSPS) is 23.9. The fraction of sp³-hybridized carbons (Fsp3) is 0.867. The van der Waals surface area contributed by atoms with Crippen LogP contribution in [0.2, 0.25) is 0 Å². The topological polar surface area (TPSA) is 69.6 Å². The summed E-state index contributed by atoms with van der Waals surface area (Å²) in [7, 11) is 1.81. The Labute approximate surface area is 121 Å². The molecule has 20 heavy (non-hydrogen) atoms. The van der Waals surface area contributed by atoms with Crippen molar-refractivity contribution in [3.8, 4) is 0 Å². The van der Waals surface area contributed by atoms with E-state index in [9.17, 15) is 9.59 Å². The SMILES string of the molecule is CCCC(CNC(=O)N(C)C1CCC(C)CC1)C(=O)O. The highest BCUT2D eigenvalue weighted by atomic mass is 16.4. The molecule has 5 nitrogen and oxygen atoms in total. The first-order valence-corrected chi connectivity index (χ1v) is 7.69. The van der Waals surface area contributed by atoms with Crippen molar-refractivity contribution >= 4 is 12.0 Å². The summed E-state index contributed by atoms with van der Waals surface area (Å²) >= 11 is 0. The van der Waals surface area contributed by atoms with E-state index in [2.05, 4.69) is 12.2 Å². The number of carbonyl (C=O) groups excluding carboxylic acids is 1. The molecule has 5 heteroatoms. The second-order valence-corrected chi connectivity index (χ2v) is 6.03. The molecular formula is C15H28N2O3. The Morgan fingerprint density at radius 3 is 2.40 bits per heavy atom. The molecule has 0 aromatic carbocycles. The summed E-state index contributed by atoms with van der Waals surface area (Å²) in [4.78, 5) is 24.9. The molecule has 116 valence electrons. The number of carboxylic acid groups (broad SMARTS) is 1. The van der Waals surface area contributed by atoms with Crippen molar-refractivity contribution in [2.24, 2.45) is 11.8 Å². The van der Waals surface area contributed by atoms with Gasteiger partial charge in [-0.3, -0.25) is 4.79 Å². The van der Waals surface area contributed by atoms with Crippen LogP contribution in [0.1, 0.15) is 52.4 Å². The monoisotopic (exact) mass is 284 g/mol. The van der Waals surface area contributed by atoms with Gasteiger partial charge in [0.1, 0.15) is 0 Å². The first-order chi connectivity index (χ1) is 9.45. The fourth-order valence-corrected chi connectivity index (χ4v) is 2.79. The molecule has 0 saturated heterocycles. The summed E-state index contributed by atoms with van der Waals surface area (Å²) in [5.74, 6) is -0.561. The van der Waals surface area contributed by atoms with Crippen molar-refractivity contribution in [1.29, 1.82) is 0 Å². The zero-order valence-corrected chi connectivity index (χ0v) is 12.9. The molecule has 1 aliphatic carbocycles. The molecule has 1 aliphatic rings. The lowest BCUT2D eigenvalue weighted by atomic mass is 9.87. The maximum atomic E-state index is 12.1. The minimum absolute atomic E-state index is 0.146. The third kappa shape index (κ3) is 5.02. The van der Waals surface area contributed by atoms with E-state index >= 15 is 0 Å². The molecule has 0 aliphatic heterocycles. The predicted octanol–water partition coefficient (Wildman–Crippen LogP) is 2.71. The molecule has 0 aromatic heterocycles. The average molecular weight is 284 g/mol. The van der Waals surface area contributed by atoms with Crippen molar-refractivity contribution in [1.82, 2.24) is 10.2 Å². The number of amides is 2. The minimum atomic E-state index is -0.832. The van der Waals surface area contributed by atoms with Crippen LogP contribution in [0, 0.1) is 11.8 Å². The van der Waals surface area contributed by atoms with E-state index in [1.54, 1.807) is 4.90 Å². The van der Waals surface area contributed by atoms with Crippen LogP contribution in [-0.4, -0.2) is 41.6 Å². The van der Waals surface area contributed by atoms with E-state index in [4.69, 9.17) is 5.11 Å². The van der Waals surface area contributed by atoms with Crippen LogP contribution in [0.15, 0.2) is 0 Å². The smallest absolute Gasteiger partial charge is 0.317 e. The standard InChI is InChI=1S/C15H28N2O3/c1-4-5-12(14(18)19)10-16-15(20)17(3)13-8-6-11(2)7-9-13/h11-13H,4-10H2,1-3H3,(H,16,20)(H,18,19). The van der Waals surface area contributed by atoms with Crippen LogP contribution in [0.5, 0.6) is 0 Å². The van der Waals surface area contributed by atoms with Gasteiger partial charge in [0.2, 0.25) is 0 Å². The van der Waals surface area contributed by atoms with Crippen LogP contribution in [0.25, 0.3) is 0 Å². The van der Waals surface area contributed by atoms with Gasteiger partial charge in [-0.05, 0) is 38.0 Å². The molecule has 1 rings (SSSR count). The number of urea groups is 1. The zero-order valence-electron chi connectivity index (χ0n) is 12.9. The van der Waals surface area contributed by atoms with Gasteiger partial charge >= 0.3 is 12.0 Å². The highest BCUT2D eigenvalue weighted by molar-refractivity contribution is 5.76. The second-order valence-electron chi connectivity index (χ2n) is 6.03. The van der Waals surface area contributed by atoms with Gasteiger partial charge in [0.25, 0.3) is 0 Å². The van der Waals surface area contributed by atoms with E-state index in [0.717, 1.165) is 38.0 Å². The first kappa shape index (κ1) is 16.8. The maximum absolute atomic E-state index is 12.1. The maximum Gasteiger partial charge on any atom is 0.317 e. The van der Waals surface area contributed by atoms with Crippen LogP contribution in [0.4, 0.5) is 4.79 Å². The van der Waals surface area contributed by atoms with Gasteiger partial charge in [0, 0.05) is 19.6 Å². The number of aliphatic carboxylic acids is 1. The molecule has 0 aromatic rings. The Balaban J connectivity index is 2.39. The zero-order chi connectivity index (χ0) is 15.1. The molecular weight excluding hydrogens is 256 g/mol. The molecule has 0 radical (unpaired) electrons. The van der Waals surface area contributed by atoms with Gasteiger partial charge in [-0.2, -0.15) is 0 Å². The number of rotatable bonds is 6. The van der Waals surface area contributed by atoms with Gasteiger partial charge < -0.3 is 15.3 Å². The van der Waals surface area contributed by atoms with Crippen molar-refractivity contribution < 1.29 is 14.7 Å². The van der Waals surface area contributed by atoms with Gasteiger partial charge in [-0.1, -0.05) is 20.3 Å². The molecule has 0 spiro atoms. The Kier molecular flexibility index (Phi) is 6.82. The minimum Gasteiger partial charge on any atom is -0.481 e. The summed E-state index contributed by atoms with van der Waals surface area (Å²) in [5.41, 5.74) is 0. The third-order valence-electron chi connectivity index (χ3n) is 4.34. The number of hydrogen-bond acceptors (Lipinski definition) is 2. The van der Waals surface area contributed by atoms with E-state index in [-0.39, 0.29) is 12.6 Å². The van der Waals surface area contributed by atoms with Gasteiger partial charge in [0.05, 0.1) is 5.92 Å². The lowest BCUT2D eigenvalue weighted by Crippen LogP contribution is -2.46. The summed E-state index contributed by atoms with van der Waals surface area (Å²) in [6.07, 6.45) is 5.82. The van der Waals surface area contributed by atoms with E-state index < -0.39 is 11.9 Å². The third-order valence-corrected chi connectivity index (χ3v) is 4.34. The Hall–Kier alpha value is -1.26. The Bertz CT molecular complexity index is 325. The van der Waals surface area contributed by atoms with Gasteiger partial charge in [-0.25, -0.2) is 4.79 Å². The molecule has 1 atom stereocenters. The number of carboxylic acids is 1. The molecule has 1 unspecified atom stereocenters. The second kappa shape index (κ2) is 8.12. The molecule has 2 amide bonds. The summed E-state index contributed by atoms with van der Waals surface area (Å²) in [6, 6.07) is 0.146. The lowest BCUT2D eigenvalue weighted by molar-refractivity contribution is -0.141. The highest BCUT2D eigenvalue weighted by Gasteiger charge is 2.25. The summed E-state index contributed by atoms with van der Waals surface area (Å²) < 4.78 is 0. The largest absolute Gasteiger partial charge is 0.481 e. The van der Waals surface area contributed by atoms with Gasteiger partial charge in [-0.15, -0.1) is 0 Å². The van der Waals surface area contributed by atoms with E-state index in [0.29, 0.717) is 12.5 Å².